The zero-order valence-corrected chi connectivity index (χ0v) is 12.4. The number of methoxy groups -OCH3 is 1. The maximum atomic E-state index is 9.85. The third-order valence-corrected chi connectivity index (χ3v) is 4.47. The van der Waals surface area contributed by atoms with Crippen molar-refractivity contribution in [3.8, 4) is 5.75 Å². The lowest BCUT2D eigenvalue weighted by Crippen LogP contribution is -2.44. The maximum absolute atomic E-state index is 9.85. The summed E-state index contributed by atoms with van der Waals surface area (Å²) in [7, 11) is 1.67. The molecule has 0 atom stereocenters. The van der Waals surface area contributed by atoms with Crippen molar-refractivity contribution >= 4 is 16.6 Å². The van der Waals surface area contributed by atoms with E-state index in [9.17, 15) is 5.11 Å². The first-order chi connectivity index (χ1) is 10.3. The lowest BCUT2D eigenvalue weighted by Gasteiger charge is -2.37. The molecule has 2 N–H and O–H groups in total. The maximum Gasteiger partial charge on any atom is 0.134 e. The number of ether oxygens (including phenoxy) is 1. The highest BCUT2D eigenvalue weighted by atomic mass is 16.5. The monoisotopic (exact) mass is 286 g/mol. The van der Waals surface area contributed by atoms with Crippen LogP contribution in [0.3, 0.4) is 0 Å². The van der Waals surface area contributed by atoms with Gasteiger partial charge < -0.3 is 15.2 Å². The second-order valence-corrected chi connectivity index (χ2v) is 5.87. The second-order valence-electron chi connectivity index (χ2n) is 5.87. The number of aliphatic hydroxyl groups excluding tert-OH is 1. The molecule has 0 radical (unpaired) electrons. The molecule has 112 valence electrons. The number of anilines is 1. The third-order valence-electron chi connectivity index (χ3n) is 4.47. The minimum atomic E-state index is -0.223. The van der Waals surface area contributed by atoms with Crippen LogP contribution in [0.25, 0.3) is 10.8 Å². The predicted octanol–water partition coefficient (Wildman–Crippen LogP) is 3.35. The Balaban J connectivity index is 1.96. The Hall–Kier alpha value is -1.81. The van der Waals surface area contributed by atoms with Gasteiger partial charge >= 0.3 is 0 Å². The number of hydrogen-bond acceptors (Lipinski definition) is 4. The van der Waals surface area contributed by atoms with Crippen molar-refractivity contribution in [2.75, 3.05) is 19.0 Å². The van der Waals surface area contributed by atoms with Crippen LogP contribution in [0.5, 0.6) is 5.75 Å². The minimum Gasteiger partial charge on any atom is -0.497 e. The van der Waals surface area contributed by atoms with Gasteiger partial charge in [0.1, 0.15) is 11.6 Å². The first-order valence-electron chi connectivity index (χ1n) is 7.58. The molecule has 21 heavy (non-hydrogen) atoms. The first kappa shape index (κ1) is 14.1. The van der Waals surface area contributed by atoms with E-state index in [1.165, 1.54) is 6.42 Å². The molecule has 0 saturated heterocycles. The average Bonchev–Trinajstić information content (AvgIpc) is 2.55. The van der Waals surface area contributed by atoms with Crippen LogP contribution < -0.4 is 10.1 Å². The van der Waals surface area contributed by atoms with Crippen molar-refractivity contribution in [2.24, 2.45) is 0 Å². The van der Waals surface area contributed by atoms with E-state index in [0.717, 1.165) is 48.0 Å². The van der Waals surface area contributed by atoms with Crippen LogP contribution in [0.1, 0.15) is 32.1 Å². The van der Waals surface area contributed by atoms with Gasteiger partial charge in [-0.25, -0.2) is 4.98 Å². The van der Waals surface area contributed by atoms with Crippen LogP contribution in [-0.2, 0) is 0 Å². The molecule has 0 spiro atoms. The molecule has 2 aromatic rings. The topological polar surface area (TPSA) is 54.4 Å². The zero-order chi connectivity index (χ0) is 14.7. The Bertz CT molecular complexity index is 621. The first-order valence-corrected chi connectivity index (χ1v) is 7.58. The van der Waals surface area contributed by atoms with Crippen LogP contribution >= 0.6 is 0 Å². The summed E-state index contributed by atoms with van der Waals surface area (Å²) < 4.78 is 5.27. The molecule has 4 heteroatoms. The molecule has 1 aromatic heterocycles. The van der Waals surface area contributed by atoms with E-state index >= 15 is 0 Å². The van der Waals surface area contributed by atoms with E-state index in [4.69, 9.17) is 4.74 Å². The summed E-state index contributed by atoms with van der Waals surface area (Å²) in [6, 6.07) is 7.96. The molecule has 1 saturated carbocycles. The summed E-state index contributed by atoms with van der Waals surface area (Å²) in [5.74, 6) is 1.69. The average molecular weight is 286 g/mol. The Morgan fingerprint density at radius 2 is 2.05 bits per heavy atom. The van der Waals surface area contributed by atoms with Crippen LogP contribution in [0.4, 0.5) is 5.82 Å². The Kier molecular flexibility index (Phi) is 3.97. The number of benzene rings is 1. The Morgan fingerprint density at radius 1 is 1.24 bits per heavy atom. The summed E-state index contributed by atoms with van der Waals surface area (Å²) in [5, 5.41) is 15.5. The van der Waals surface area contributed by atoms with E-state index in [1.807, 2.05) is 24.3 Å². The van der Waals surface area contributed by atoms with Gasteiger partial charge in [0.25, 0.3) is 0 Å². The van der Waals surface area contributed by atoms with Gasteiger partial charge in [-0.1, -0.05) is 19.3 Å². The van der Waals surface area contributed by atoms with Crippen LogP contribution in [-0.4, -0.2) is 29.3 Å². The number of pyridine rings is 1. The highest BCUT2D eigenvalue weighted by Crippen LogP contribution is 2.33. The highest BCUT2D eigenvalue weighted by Gasteiger charge is 2.31. The highest BCUT2D eigenvalue weighted by molar-refractivity contribution is 5.92. The zero-order valence-electron chi connectivity index (χ0n) is 12.4. The fraction of sp³-hybridized carbons (Fsp3) is 0.471. The van der Waals surface area contributed by atoms with Crippen molar-refractivity contribution < 1.29 is 9.84 Å². The third kappa shape index (κ3) is 2.81. The summed E-state index contributed by atoms with van der Waals surface area (Å²) in [5.41, 5.74) is -0.223. The number of aliphatic hydroxyl groups is 1. The number of hydrogen-bond donors (Lipinski definition) is 2. The van der Waals surface area contributed by atoms with Gasteiger partial charge in [0, 0.05) is 11.6 Å². The molecule has 4 nitrogen and oxygen atoms in total. The van der Waals surface area contributed by atoms with E-state index < -0.39 is 0 Å². The van der Waals surface area contributed by atoms with Gasteiger partial charge in [-0.2, -0.15) is 0 Å². The van der Waals surface area contributed by atoms with Gasteiger partial charge in [-0.15, -0.1) is 0 Å². The summed E-state index contributed by atoms with van der Waals surface area (Å²) in [6.07, 6.45) is 7.37. The lowest BCUT2D eigenvalue weighted by atomic mass is 9.82. The van der Waals surface area contributed by atoms with Gasteiger partial charge in [0.15, 0.2) is 0 Å². The SMILES string of the molecule is COc1ccc2c(NC3(CO)CCCCC3)nccc2c1. The Labute approximate surface area is 125 Å². The molecule has 0 unspecified atom stereocenters. The van der Waals surface area contributed by atoms with Crippen molar-refractivity contribution in [3.05, 3.63) is 30.5 Å². The number of fused-ring (bicyclic) bond motifs is 1. The van der Waals surface area contributed by atoms with E-state index in [2.05, 4.69) is 10.3 Å². The molecule has 3 rings (SSSR count). The van der Waals surface area contributed by atoms with Crippen molar-refractivity contribution in [1.29, 1.82) is 0 Å². The molecular formula is C17H22N2O2. The van der Waals surface area contributed by atoms with Crippen LogP contribution in [0, 0.1) is 0 Å². The molecular weight excluding hydrogens is 264 g/mol. The number of rotatable bonds is 4. The largest absolute Gasteiger partial charge is 0.497 e. The standard InChI is InChI=1S/C17H22N2O2/c1-21-14-5-6-15-13(11-14)7-10-18-16(15)19-17(12-20)8-3-2-4-9-17/h5-7,10-11,20H,2-4,8-9,12H2,1H3,(H,18,19). The fourth-order valence-corrected chi connectivity index (χ4v) is 3.18. The summed E-state index contributed by atoms with van der Waals surface area (Å²) >= 11 is 0. The van der Waals surface area contributed by atoms with E-state index in [-0.39, 0.29) is 12.1 Å². The molecule has 1 fully saturated rings. The number of nitrogens with zero attached hydrogens (tertiary/aromatic N) is 1. The van der Waals surface area contributed by atoms with Gasteiger partial charge in [-0.05, 0) is 42.5 Å². The molecule has 0 amide bonds. The molecule has 1 aliphatic rings. The molecule has 1 heterocycles. The molecule has 1 aromatic carbocycles. The van der Waals surface area contributed by atoms with Crippen LogP contribution in [0.15, 0.2) is 30.5 Å². The van der Waals surface area contributed by atoms with Crippen molar-refractivity contribution in [1.82, 2.24) is 4.98 Å². The predicted molar refractivity (Wildman–Crippen MR) is 84.8 cm³/mol. The van der Waals surface area contributed by atoms with Crippen LogP contribution in [0.2, 0.25) is 0 Å². The van der Waals surface area contributed by atoms with Gasteiger partial charge in [0.2, 0.25) is 0 Å². The van der Waals surface area contributed by atoms with E-state index in [0.29, 0.717) is 0 Å². The summed E-state index contributed by atoms with van der Waals surface area (Å²) in [6.45, 7) is 0.154. The Morgan fingerprint density at radius 3 is 2.76 bits per heavy atom. The smallest absolute Gasteiger partial charge is 0.134 e. The normalized spacial score (nSPS) is 17.6. The van der Waals surface area contributed by atoms with Crippen molar-refractivity contribution in [2.45, 2.75) is 37.6 Å². The summed E-state index contributed by atoms with van der Waals surface area (Å²) in [4.78, 5) is 4.49. The number of nitrogens with one attached hydrogen (secondary N) is 1. The second kappa shape index (κ2) is 5.90. The number of aromatic nitrogens is 1. The minimum absolute atomic E-state index is 0.154. The van der Waals surface area contributed by atoms with Gasteiger partial charge in [-0.3, -0.25) is 0 Å². The quantitative estimate of drug-likeness (QED) is 0.905. The fourth-order valence-electron chi connectivity index (χ4n) is 3.18. The van der Waals surface area contributed by atoms with Gasteiger partial charge in [0.05, 0.1) is 19.3 Å². The lowest BCUT2D eigenvalue weighted by molar-refractivity contribution is 0.172. The van der Waals surface area contributed by atoms with Crippen molar-refractivity contribution in [3.63, 3.8) is 0 Å². The van der Waals surface area contributed by atoms with E-state index in [1.54, 1.807) is 13.3 Å². The molecule has 0 aliphatic heterocycles. The molecule has 0 bridgehead atoms. The molecule has 1 aliphatic carbocycles.